The first-order valence-corrected chi connectivity index (χ1v) is 18.7. The van der Waals surface area contributed by atoms with E-state index >= 15 is 0 Å². The van der Waals surface area contributed by atoms with Gasteiger partial charge in [-0.25, -0.2) is 24.9 Å². The van der Waals surface area contributed by atoms with E-state index in [1.54, 1.807) is 91.2 Å². The van der Waals surface area contributed by atoms with Gasteiger partial charge in [0, 0.05) is 68.8 Å². The van der Waals surface area contributed by atoms with Gasteiger partial charge in [0.25, 0.3) is 11.8 Å². The molecular weight excluding hydrogens is 779 g/mol. The maximum Gasteiger partial charge on any atom is 0.286 e. The molecule has 6 N–H and O–H groups in total. The quantitative estimate of drug-likeness (QED) is 0.115. The molecule has 5 aromatic heterocycles. The second kappa shape index (κ2) is 18.3. The molecule has 2 atom stereocenters. The van der Waals surface area contributed by atoms with Crippen LogP contribution >= 0.6 is 0 Å². The zero-order chi connectivity index (χ0) is 43.8. The number of hydrogen-bond donors (Lipinski definition) is 4. The van der Waals surface area contributed by atoms with E-state index in [1.165, 1.54) is 18.0 Å². The smallest absolute Gasteiger partial charge is 0.286 e. The highest BCUT2D eigenvalue weighted by molar-refractivity contribution is 6.03. The first kappa shape index (κ1) is 42.6. The van der Waals surface area contributed by atoms with Crippen LogP contribution in [0.15, 0.2) is 89.7 Å². The lowest BCUT2D eigenvalue weighted by atomic mass is 10.1. The Hall–Kier alpha value is -7.99. The van der Waals surface area contributed by atoms with Gasteiger partial charge >= 0.3 is 0 Å². The Balaban J connectivity index is 0.000000204. The van der Waals surface area contributed by atoms with E-state index in [0.29, 0.717) is 75.8 Å². The summed E-state index contributed by atoms with van der Waals surface area (Å²) >= 11 is 0. The molecule has 3 amide bonds. The maximum absolute atomic E-state index is 11.9. The Labute approximate surface area is 350 Å². The number of aryl methyl sites for hydroxylation is 3. The van der Waals surface area contributed by atoms with Gasteiger partial charge in [0.1, 0.15) is 23.2 Å². The summed E-state index contributed by atoms with van der Waals surface area (Å²) in [5.41, 5.74) is 14.6. The monoisotopic (exact) mass is 819 g/mol. The van der Waals surface area contributed by atoms with Crippen LogP contribution in [0.5, 0.6) is 0 Å². The fourth-order valence-electron chi connectivity index (χ4n) is 5.85. The first-order valence-electron chi connectivity index (χ1n) is 18.7. The molecule has 7 rings (SSSR count). The van der Waals surface area contributed by atoms with E-state index in [0.717, 1.165) is 5.56 Å². The van der Waals surface area contributed by atoms with Crippen LogP contribution in [-0.4, -0.2) is 92.3 Å². The van der Waals surface area contributed by atoms with E-state index in [2.05, 4.69) is 53.7 Å². The Morgan fingerprint density at radius 1 is 0.951 bits per heavy atom. The lowest BCUT2D eigenvalue weighted by Gasteiger charge is -2.10. The van der Waals surface area contributed by atoms with Gasteiger partial charge in [-0.2, -0.15) is 5.10 Å². The molecule has 0 spiro atoms. The molecule has 0 aliphatic heterocycles. The minimum absolute atomic E-state index is 0.0973. The van der Waals surface area contributed by atoms with Crippen molar-refractivity contribution in [2.45, 2.75) is 32.0 Å². The molecule has 0 unspecified atom stereocenters. The van der Waals surface area contributed by atoms with Crippen molar-refractivity contribution < 1.29 is 29.0 Å². The topological polar surface area (TPSA) is 247 Å². The lowest BCUT2D eigenvalue weighted by molar-refractivity contribution is -0.117. The van der Waals surface area contributed by atoms with Crippen molar-refractivity contribution in [1.82, 2.24) is 44.2 Å². The maximum atomic E-state index is 11.9. The number of rotatable bonds is 10. The Kier molecular flexibility index (Phi) is 12.8. The zero-order valence-corrected chi connectivity index (χ0v) is 33.9. The molecule has 308 valence electrons. The normalized spacial score (nSPS) is 12.1. The number of aliphatic hydroxyl groups excluding tert-OH is 1. The summed E-state index contributed by atoms with van der Waals surface area (Å²) in [6.07, 6.45) is 5.15. The van der Waals surface area contributed by atoms with Crippen LogP contribution in [0.25, 0.3) is 45.1 Å². The summed E-state index contributed by atoms with van der Waals surface area (Å²) in [6.45, 7) is 3.67. The van der Waals surface area contributed by atoms with E-state index in [1.807, 2.05) is 25.2 Å². The molecule has 0 fully saturated rings. The summed E-state index contributed by atoms with van der Waals surface area (Å²) in [7, 11) is 5.24. The van der Waals surface area contributed by atoms with Gasteiger partial charge < -0.3 is 35.6 Å². The van der Waals surface area contributed by atoms with E-state index < -0.39 is 23.5 Å². The van der Waals surface area contributed by atoms with Crippen molar-refractivity contribution in [3.05, 3.63) is 120 Å². The van der Waals surface area contributed by atoms with Gasteiger partial charge in [0.05, 0.1) is 28.7 Å². The molecule has 2 aromatic carbocycles. The number of aliphatic hydroxyl groups is 2. The third kappa shape index (κ3) is 10.4. The van der Waals surface area contributed by atoms with Crippen molar-refractivity contribution in [3.8, 4) is 57.7 Å². The lowest BCUT2D eigenvalue weighted by Crippen LogP contribution is -2.21. The number of benzene rings is 2. The molecule has 0 aliphatic rings. The Bertz CT molecular complexity index is 2890. The Morgan fingerprint density at radius 2 is 1.66 bits per heavy atom. The molecular formula is C44H41N11O6. The summed E-state index contributed by atoms with van der Waals surface area (Å²) < 4.78 is 8.82. The molecule has 0 saturated carbocycles. The van der Waals surface area contributed by atoms with E-state index in [9.17, 15) is 24.6 Å². The highest BCUT2D eigenvalue weighted by atomic mass is 16.4. The number of fused-ring (bicyclic) bond motifs is 1. The number of carbonyl (C=O) groups is 3. The molecule has 0 radical (unpaired) electrons. The summed E-state index contributed by atoms with van der Waals surface area (Å²) in [4.78, 5) is 57.2. The fraction of sp³-hybridized carbons (Fsp3) is 0.205. The van der Waals surface area contributed by atoms with Crippen molar-refractivity contribution in [2.24, 2.45) is 25.6 Å². The van der Waals surface area contributed by atoms with Crippen LogP contribution < -0.4 is 11.5 Å². The number of hydrogen-bond acceptors (Lipinski definition) is 12. The van der Waals surface area contributed by atoms with E-state index in [4.69, 9.17) is 15.9 Å². The molecule has 5 heterocycles. The van der Waals surface area contributed by atoms with Crippen LogP contribution in [0.3, 0.4) is 0 Å². The third-order valence-corrected chi connectivity index (χ3v) is 9.07. The molecule has 17 heteroatoms. The second-order valence-electron chi connectivity index (χ2n) is 14.0. The number of oxazole rings is 1. The van der Waals surface area contributed by atoms with Crippen molar-refractivity contribution >= 4 is 29.3 Å². The predicted octanol–water partition coefficient (Wildman–Crippen LogP) is 3.12. The van der Waals surface area contributed by atoms with Gasteiger partial charge in [-0.15, -0.1) is 0 Å². The minimum atomic E-state index is -1.54. The number of carbonyl (C=O) groups excluding carboxylic acids is 3. The van der Waals surface area contributed by atoms with Crippen molar-refractivity contribution in [1.29, 1.82) is 0 Å². The largest absolute Gasteiger partial charge is 0.442 e. The van der Waals surface area contributed by atoms with Crippen LogP contribution in [0.4, 0.5) is 0 Å². The van der Waals surface area contributed by atoms with Crippen molar-refractivity contribution in [3.63, 3.8) is 0 Å². The summed E-state index contributed by atoms with van der Waals surface area (Å²) in [6, 6.07) is 19.7. The second-order valence-corrected chi connectivity index (χ2v) is 14.0. The number of nitrogens with zero attached hydrogens (tertiary/aromatic N) is 9. The molecule has 0 saturated heterocycles. The van der Waals surface area contributed by atoms with Crippen LogP contribution in [0.1, 0.15) is 57.2 Å². The van der Waals surface area contributed by atoms with Crippen molar-refractivity contribution in [2.75, 3.05) is 13.6 Å². The average Bonchev–Trinajstić information content (AvgIpc) is 4.01. The standard InChI is InChI=1S/C22H22N6O3.C22H19N5O3/c1-27(14-29)11-9-17(30)7-6-15-4-3-5-16(12-15)18-13-19(20-8-10-24-28(20)2)26-22(25-18)21(23)31;1-13-12-24-21(30-13)22(2,29)9-7-14-5-4-6-15(11-14)19-25-17(18(23)28)16-8-10-27(3)20(16)26-19/h3-5,8,10,12-14,17,30H,9,11H2,1-2H3,(H2,23,31);4-6,8,10-12,29H,1-3H3,(H2,23,28)/t17-;22-/m00/s1. The molecule has 7 aromatic rings. The molecule has 17 nitrogen and oxygen atoms in total. The summed E-state index contributed by atoms with van der Waals surface area (Å²) in [5.74, 6) is 11.0. The molecule has 0 aliphatic carbocycles. The highest BCUT2D eigenvalue weighted by Gasteiger charge is 2.26. The van der Waals surface area contributed by atoms with Gasteiger partial charge in [-0.1, -0.05) is 47.9 Å². The first-order chi connectivity index (χ1) is 29.1. The fourth-order valence-corrected chi connectivity index (χ4v) is 5.85. The number of aromatic nitrogens is 8. The number of nitrogens with two attached hydrogens (primary N) is 2. The van der Waals surface area contributed by atoms with Gasteiger partial charge in [-0.3, -0.25) is 19.1 Å². The average molecular weight is 820 g/mol. The molecule has 61 heavy (non-hydrogen) atoms. The predicted molar refractivity (Wildman–Crippen MR) is 225 cm³/mol. The van der Waals surface area contributed by atoms with Gasteiger partial charge in [0.15, 0.2) is 11.4 Å². The zero-order valence-electron chi connectivity index (χ0n) is 33.9. The Morgan fingerprint density at radius 3 is 2.31 bits per heavy atom. The van der Waals surface area contributed by atoms with Crippen LogP contribution in [0.2, 0.25) is 0 Å². The highest BCUT2D eigenvalue weighted by Crippen LogP contribution is 2.26. The summed E-state index contributed by atoms with van der Waals surface area (Å²) in [5, 5.41) is 25.3. The minimum Gasteiger partial charge on any atom is -0.442 e. The SMILES string of the molecule is CN(C=O)CC[C@@H](O)C#Cc1cccc(-c2cc(-c3ccnn3C)nc(C(N)=O)n2)c1.Cc1cnc([C@@](C)(O)C#Cc2cccc(-c3nc(C(N)=O)c4ccn(C)c4n3)c2)o1. The third-order valence-electron chi connectivity index (χ3n) is 9.07. The van der Waals surface area contributed by atoms with Crippen LogP contribution in [-0.2, 0) is 24.5 Å². The number of primary amides is 2. The van der Waals surface area contributed by atoms with E-state index in [-0.39, 0.29) is 17.4 Å². The van der Waals surface area contributed by atoms with Gasteiger partial charge in [0.2, 0.25) is 18.1 Å². The molecule has 0 bridgehead atoms. The van der Waals surface area contributed by atoms with Crippen LogP contribution in [0, 0.1) is 30.6 Å². The van der Waals surface area contributed by atoms with Gasteiger partial charge in [-0.05, 0) is 56.3 Å². The number of amides is 3.